The summed E-state index contributed by atoms with van der Waals surface area (Å²) in [5.74, 6) is -4.56. The van der Waals surface area contributed by atoms with Crippen LogP contribution in [0.1, 0.15) is 36.8 Å². The Bertz CT molecular complexity index is 2040. The number of carbonyl (C=O) groups is 4. The van der Waals surface area contributed by atoms with Gasteiger partial charge in [-0.2, -0.15) is 0 Å². The molecule has 6 atom stereocenters. The second-order valence-electron chi connectivity index (χ2n) is 13.2. The van der Waals surface area contributed by atoms with Crippen molar-refractivity contribution >= 4 is 57.4 Å². The average Bonchev–Trinajstić information content (AvgIpc) is 3.43. The molecule has 4 aromatic rings. The summed E-state index contributed by atoms with van der Waals surface area (Å²) in [5.41, 5.74) is 1.89. The van der Waals surface area contributed by atoms with Crippen LogP contribution in [-0.2, 0) is 19.2 Å². The molecule has 8 rings (SSSR count). The molecule has 1 saturated carbocycles. The summed E-state index contributed by atoms with van der Waals surface area (Å²) in [7, 11) is 0. The number of phenolic OH excluding ortho intramolecular Hbond substituents is 1. The predicted octanol–water partition coefficient (Wildman–Crippen LogP) is 6.94. The molecule has 46 heavy (non-hydrogen) atoms. The van der Waals surface area contributed by atoms with Crippen LogP contribution in [0.3, 0.4) is 0 Å². The quantitative estimate of drug-likeness (QED) is 0.195. The van der Waals surface area contributed by atoms with Gasteiger partial charge in [-0.3, -0.25) is 19.2 Å². The predicted molar refractivity (Wildman–Crippen MR) is 175 cm³/mol. The van der Waals surface area contributed by atoms with Crippen molar-refractivity contribution in [2.45, 2.75) is 32.6 Å². The number of nitrogens with zero attached hydrogens (tertiary/aromatic N) is 2. The number of fused-ring (bicyclic) bond motifs is 5. The number of rotatable bonds is 3. The Morgan fingerprint density at radius 2 is 1.54 bits per heavy atom. The van der Waals surface area contributed by atoms with Crippen LogP contribution in [0.25, 0.3) is 10.8 Å². The highest BCUT2D eigenvalue weighted by molar-refractivity contribution is 6.32. The molecule has 230 valence electrons. The van der Waals surface area contributed by atoms with Crippen molar-refractivity contribution in [2.24, 2.45) is 29.1 Å². The minimum Gasteiger partial charge on any atom is -0.508 e. The molecule has 2 aliphatic heterocycles. The van der Waals surface area contributed by atoms with Gasteiger partial charge in [0.05, 0.1) is 34.5 Å². The molecule has 2 heterocycles. The Balaban J connectivity index is 1.32. The third-order valence-corrected chi connectivity index (χ3v) is 11.3. The summed E-state index contributed by atoms with van der Waals surface area (Å²) >= 11 is 6.41. The van der Waals surface area contributed by atoms with Crippen molar-refractivity contribution in [3.05, 3.63) is 113 Å². The Morgan fingerprint density at radius 1 is 0.804 bits per heavy atom. The first kappa shape index (κ1) is 28.7. The fourth-order valence-corrected chi connectivity index (χ4v) is 8.88. The Labute approximate surface area is 271 Å². The monoisotopic (exact) mass is 630 g/mol. The lowest BCUT2D eigenvalue weighted by molar-refractivity contribution is -0.131. The molecule has 4 aliphatic rings. The smallest absolute Gasteiger partial charge is 0.241 e. The second kappa shape index (κ2) is 10.1. The first-order valence-corrected chi connectivity index (χ1v) is 16.0. The van der Waals surface area contributed by atoms with E-state index in [4.69, 9.17) is 11.6 Å². The van der Waals surface area contributed by atoms with Gasteiger partial charge >= 0.3 is 0 Å². The summed E-state index contributed by atoms with van der Waals surface area (Å²) in [4.78, 5) is 59.8. The van der Waals surface area contributed by atoms with Gasteiger partial charge in [0.1, 0.15) is 5.75 Å². The SMILES string of the molecule is Cc1ccc(N2C(=O)[C@H]3[C@H](CC=C4[C@H]3C[C@H]3C(=O)N(c5ccccc5)C(=O)[C@@]3(C)[C@H]4c3c(O)ccc4ccccc34)C2=O)cc1Cl. The maximum Gasteiger partial charge on any atom is 0.241 e. The van der Waals surface area contributed by atoms with Gasteiger partial charge in [0.15, 0.2) is 0 Å². The topological polar surface area (TPSA) is 95.0 Å². The molecular formula is C38H31ClN2O5. The lowest BCUT2D eigenvalue weighted by Crippen LogP contribution is -2.49. The van der Waals surface area contributed by atoms with E-state index >= 15 is 0 Å². The first-order valence-electron chi connectivity index (χ1n) is 15.6. The van der Waals surface area contributed by atoms with E-state index in [-0.39, 0.29) is 35.8 Å². The molecule has 7 nitrogen and oxygen atoms in total. The maximum absolute atomic E-state index is 14.7. The number of hydrogen-bond donors (Lipinski definition) is 1. The van der Waals surface area contributed by atoms with Crippen LogP contribution in [0, 0.1) is 36.0 Å². The van der Waals surface area contributed by atoms with E-state index in [2.05, 4.69) is 0 Å². The molecule has 0 spiro atoms. The Hall–Kier alpha value is -4.75. The summed E-state index contributed by atoms with van der Waals surface area (Å²) in [6.07, 6.45) is 2.55. The summed E-state index contributed by atoms with van der Waals surface area (Å²) in [5, 5.41) is 13.7. The largest absolute Gasteiger partial charge is 0.508 e. The van der Waals surface area contributed by atoms with Crippen molar-refractivity contribution < 1.29 is 24.3 Å². The van der Waals surface area contributed by atoms with Gasteiger partial charge in [-0.25, -0.2) is 9.80 Å². The van der Waals surface area contributed by atoms with Crippen molar-refractivity contribution in [3.63, 3.8) is 0 Å². The van der Waals surface area contributed by atoms with Gasteiger partial charge in [-0.15, -0.1) is 0 Å². The van der Waals surface area contributed by atoms with Crippen LogP contribution in [0.15, 0.2) is 96.6 Å². The fourth-order valence-electron chi connectivity index (χ4n) is 8.71. The number of phenols is 1. The van der Waals surface area contributed by atoms with Crippen LogP contribution < -0.4 is 9.80 Å². The van der Waals surface area contributed by atoms with E-state index in [1.165, 1.54) is 9.80 Å². The minimum atomic E-state index is -1.25. The van der Waals surface area contributed by atoms with Crippen molar-refractivity contribution in [2.75, 3.05) is 9.80 Å². The summed E-state index contributed by atoms with van der Waals surface area (Å²) in [6.45, 7) is 3.69. The Morgan fingerprint density at radius 3 is 2.30 bits per heavy atom. The van der Waals surface area contributed by atoms with Crippen LogP contribution in [0.4, 0.5) is 11.4 Å². The van der Waals surface area contributed by atoms with Gasteiger partial charge in [-0.05, 0) is 79.3 Å². The number of imide groups is 2. The normalized spacial score (nSPS) is 28.8. The van der Waals surface area contributed by atoms with Crippen molar-refractivity contribution in [1.29, 1.82) is 0 Å². The van der Waals surface area contributed by atoms with E-state index in [0.717, 1.165) is 21.9 Å². The zero-order chi connectivity index (χ0) is 32.1. The maximum atomic E-state index is 14.7. The summed E-state index contributed by atoms with van der Waals surface area (Å²) < 4.78 is 0. The van der Waals surface area contributed by atoms with Crippen LogP contribution in [-0.4, -0.2) is 28.7 Å². The number of anilines is 2. The lowest BCUT2D eigenvalue weighted by atomic mass is 9.51. The molecule has 1 N–H and O–H groups in total. The minimum absolute atomic E-state index is 0.0236. The van der Waals surface area contributed by atoms with Crippen molar-refractivity contribution in [3.8, 4) is 5.75 Å². The van der Waals surface area contributed by atoms with Gasteiger partial charge < -0.3 is 5.11 Å². The third kappa shape index (κ3) is 3.78. The molecular weight excluding hydrogens is 600 g/mol. The summed E-state index contributed by atoms with van der Waals surface area (Å²) in [6, 6.07) is 25.2. The number of hydrogen-bond acceptors (Lipinski definition) is 5. The van der Waals surface area contributed by atoms with Gasteiger partial charge in [0.25, 0.3) is 0 Å². The van der Waals surface area contributed by atoms with Gasteiger partial charge in [0.2, 0.25) is 23.6 Å². The second-order valence-corrected chi connectivity index (χ2v) is 13.6. The molecule has 0 aromatic heterocycles. The third-order valence-electron chi connectivity index (χ3n) is 10.9. The number of para-hydroxylation sites is 1. The van der Waals surface area contributed by atoms with E-state index in [1.807, 2.05) is 56.3 Å². The number of carbonyl (C=O) groups excluding carboxylic acids is 4. The first-order chi connectivity index (χ1) is 22.1. The van der Waals surface area contributed by atoms with Crippen LogP contribution in [0.2, 0.25) is 5.02 Å². The zero-order valence-electron chi connectivity index (χ0n) is 25.3. The average molecular weight is 631 g/mol. The van der Waals surface area contributed by atoms with E-state index in [0.29, 0.717) is 28.4 Å². The number of allylic oxidation sites excluding steroid dienone is 2. The highest BCUT2D eigenvalue weighted by Crippen LogP contribution is 2.65. The molecule has 4 aromatic carbocycles. The van der Waals surface area contributed by atoms with Crippen LogP contribution in [0.5, 0.6) is 5.75 Å². The molecule has 4 amide bonds. The molecule has 3 fully saturated rings. The molecule has 2 saturated heterocycles. The number of halogens is 1. The standard InChI is InChI=1S/C38H31ClN2O5/c1-20-12-14-23(18-29(20)39)40-34(43)26-16-15-25-27(31(26)36(40)45)19-28-35(44)41(22-9-4-3-5-10-22)37(46)38(28,2)33(25)32-24-11-7-6-8-21(24)13-17-30(32)42/h3-15,17-18,26-28,31,33,42H,16,19H2,1-2H3/t26-,27+,28-,31-,33+,38+/m0/s1. The van der Waals surface area contributed by atoms with Gasteiger partial charge in [-0.1, -0.05) is 77.8 Å². The molecule has 0 bridgehead atoms. The molecule has 2 aliphatic carbocycles. The van der Waals surface area contributed by atoms with E-state index < -0.39 is 35.0 Å². The van der Waals surface area contributed by atoms with E-state index in [9.17, 15) is 24.3 Å². The Kier molecular flexibility index (Phi) is 6.32. The zero-order valence-corrected chi connectivity index (χ0v) is 26.1. The molecule has 0 radical (unpaired) electrons. The number of benzene rings is 4. The van der Waals surface area contributed by atoms with Gasteiger partial charge in [0, 0.05) is 16.5 Å². The highest BCUT2D eigenvalue weighted by Gasteiger charge is 2.68. The number of amides is 4. The number of aromatic hydroxyl groups is 1. The molecule has 8 heteroatoms. The highest BCUT2D eigenvalue weighted by atomic mass is 35.5. The van der Waals surface area contributed by atoms with E-state index in [1.54, 1.807) is 48.5 Å². The molecule has 0 unspecified atom stereocenters. The number of aryl methyl sites for hydroxylation is 1. The fraction of sp³-hybridized carbons (Fsp3) is 0.263. The lowest BCUT2D eigenvalue weighted by Gasteiger charge is -2.49. The van der Waals surface area contributed by atoms with Crippen molar-refractivity contribution in [1.82, 2.24) is 0 Å². The van der Waals surface area contributed by atoms with Crippen LogP contribution >= 0.6 is 11.6 Å².